The van der Waals surface area contributed by atoms with Gasteiger partial charge in [-0.1, -0.05) is 6.07 Å². The van der Waals surface area contributed by atoms with Gasteiger partial charge in [0.1, 0.15) is 17.4 Å². The van der Waals surface area contributed by atoms with Gasteiger partial charge in [0, 0.05) is 24.8 Å². The van der Waals surface area contributed by atoms with Crippen LogP contribution in [0.4, 0.5) is 4.39 Å². The molecule has 0 aliphatic rings. The molecule has 1 aromatic heterocycles. The first kappa shape index (κ1) is 21.7. The van der Waals surface area contributed by atoms with Crippen LogP contribution >= 0.6 is 0 Å². The smallest absolute Gasteiger partial charge is 0.234 e. The van der Waals surface area contributed by atoms with E-state index >= 15 is 0 Å². The van der Waals surface area contributed by atoms with Crippen molar-refractivity contribution in [3.8, 4) is 16.9 Å². The standard InChI is InChI=1S/C22H27FN4O3/c1-4-30-10-9-27-19-11-15(17-7-6-16(23)12-20(17)29-3)5-8-18(19)26-21(27)13-25-14(2)22(24)28/h5-8,11-12,14,25H,4,9-10,13H2,1-3H3,(H2,24,28)/t14-/m0/s1. The fraction of sp³-hybridized carbons (Fsp3) is 0.364. The highest BCUT2D eigenvalue weighted by Gasteiger charge is 2.15. The molecule has 0 saturated carbocycles. The highest BCUT2D eigenvalue weighted by molar-refractivity contribution is 5.84. The van der Waals surface area contributed by atoms with Crippen LogP contribution in [0, 0.1) is 5.82 Å². The molecule has 0 bridgehead atoms. The number of ether oxygens (including phenoxy) is 2. The molecule has 7 nitrogen and oxygen atoms in total. The first-order chi connectivity index (χ1) is 14.4. The third-order valence-electron chi connectivity index (χ3n) is 4.96. The summed E-state index contributed by atoms with van der Waals surface area (Å²) < 4.78 is 26.6. The van der Waals surface area contributed by atoms with Crippen molar-refractivity contribution in [2.24, 2.45) is 5.73 Å². The molecule has 0 spiro atoms. The predicted octanol–water partition coefficient (Wildman–Crippen LogP) is 2.85. The number of imidazole rings is 1. The zero-order valence-corrected chi connectivity index (χ0v) is 17.4. The number of fused-ring (bicyclic) bond motifs is 1. The number of nitrogens with two attached hydrogens (primary N) is 1. The molecule has 1 heterocycles. The molecule has 3 N–H and O–H groups in total. The normalized spacial score (nSPS) is 12.3. The summed E-state index contributed by atoms with van der Waals surface area (Å²) in [5, 5.41) is 3.10. The maximum atomic E-state index is 13.6. The second-order valence-corrected chi connectivity index (χ2v) is 6.93. The van der Waals surface area contributed by atoms with Crippen LogP contribution in [0.25, 0.3) is 22.2 Å². The Morgan fingerprint density at radius 2 is 2.10 bits per heavy atom. The van der Waals surface area contributed by atoms with Gasteiger partial charge in [0.15, 0.2) is 0 Å². The molecule has 1 amide bonds. The number of amides is 1. The number of rotatable bonds is 10. The Labute approximate surface area is 175 Å². The van der Waals surface area contributed by atoms with Crippen LogP contribution < -0.4 is 15.8 Å². The van der Waals surface area contributed by atoms with Crippen LogP contribution in [0.2, 0.25) is 0 Å². The van der Waals surface area contributed by atoms with Gasteiger partial charge in [-0.3, -0.25) is 10.1 Å². The Balaban J connectivity index is 2.02. The molecule has 2 aromatic carbocycles. The second-order valence-electron chi connectivity index (χ2n) is 6.93. The van der Waals surface area contributed by atoms with Gasteiger partial charge in [0.05, 0.1) is 37.3 Å². The first-order valence-electron chi connectivity index (χ1n) is 9.88. The van der Waals surface area contributed by atoms with Crippen molar-refractivity contribution in [1.82, 2.24) is 14.9 Å². The lowest BCUT2D eigenvalue weighted by Gasteiger charge is -2.13. The predicted molar refractivity (Wildman–Crippen MR) is 114 cm³/mol. The summed E-state index contributed by atoms with van der Waals surface area (Å²) in [6.07, 6.45) is 0. The summed E-state index contributed by atoms with van der Waals surface area (Å²) in [5.74, 6) is 0.473. The zero-order chi connectivity index (χ0) is 21.7. The Bertz CT molecular complexity index is 1030. The van der Waals surface area contributed by atoms with Crippen molar-refractivity contribution in [3.63, 3.8) is 0 Å². The summed E-state index contributed by atoms with van der Waals surface area (Å²) in [4.78, 5) is 16.1. The number of methoxy groups -OCH3 is 1. The summed E-state index contributed by atoms with van der Waals surface area (Å²) >= 11 is 0. The van der Waals surface area contributed by atoms with E-state index < -0.39 is 11.9 Å². The first-order valence-corrected chi connectivity index (χ1v) is 9.88. The van der Waals surface area contributed by atoms with Crippen molar-refractivity contribution in [3.05, 3.63) is 48.0 Å². The quantitative estimate of drug-likeness (QED) is 0.498. The van der Waals surface area contributed by atoms with Crippen LogP contribution in [-0.4, -0.2) is 41.8 Å². The average Bonchev–Trinajstić information content (AvgIpc) is 3.08. The zero-order valence-electron chi connectivity index (χ0n) is 17.4. The van der Waals surface area contributed by atoms with Crippen LogP contribution in [0.15, 0.2) is 36.4 Å². The summed E-state index contributed by atoms with van der Waals surface area (Å²) in [7, 11) is 1.52. The number of benzene rings is 2. The van der Waals surface area contributed by atoms with Gasteiger partial charge in [-0.2, -0.15) is 0 Å². The Hall–Kier alpha value is -2.97. The van der Waals surface area contributed by atoms with Crippen LogP contribution in [0.3, 0.4) is 0 Å². The second kappa shape index (κ2) is 9.69. The van der Waals surface area contributed by atoms with E-state index in [4.69, 9.17) is 20.2 Å². The molecule has 0 fully saturated rings. The van der Waals surface area contributed by atoms with Gasteiger partial charge in [-0.05, 0) is 43.7 Å². The van der Waals surface area contributed by atoms with Gasteiger partial charge in [0.2, 0.25) is 5.91 Å². The lowest BCUT2D eigenvalue weighted by Crippen LogP contribution is -2.38. The van der Waals surface area contributed by atoms with E-state index in [0.717, 1.165) is 28.0 Å². The number of carbonyl (C=O) groups is 1. The number of carbonyl (C=O) groups excluding carboxylic acids is 1. The molecule has 0 aliphatic heterocycles. The maximum Gasteiger partial charge on any atom is 0.234 e. The lowest BCUT2D eigenvalue weighted by molar-refractivity contribution is -0.119. The average molecular weight is 414 g/mol. The molecule has 0 saturated heterocycles. The molecule has 30 heavy (non-hydrogen) atoms. The number of halogens is 1. The fourth-order valence-corrected chi connectivity index (χ4v) is 3.27. The number of hydrogen-bond acceptors (Lipinski definition) is 5. The number of hydrogen-bond donors (Lipinski definition) is 2. The third-order valence-corrected chi connectivity index (χ3v) is 4.96. The SMILES string of the molecule is CCOCCn1c(CN[C@@H](C)C(N)=O)nc2ccc(-c3ccc(F)cc3OC)cc21. The summed E-state index contributed by atoms with van der Waals surface area (Å²) in [6.45, 7) is 5.81. The van der Waals surface area contributed by atoms with Crippen LogP contribution in [0.1, 0.15) is 19.7 Å². The third kappa shape index (κ3) is 4.77. The maximum absolute atomic E-state index is 13.6. The van der Waals surface area contributed by atoms with Crippen LogP contribution in [0.5, 0.6) is 5.75 Å². The van der Waals surface area contributed by atoms with E-state index in [1.54, 1.807) is 13.0 Å². The monoisotopic (exact) mass is 414 g/mol. The van der Waals surface area contributed by atoms with E-state index in [9.17, 15) is 9.18 Å². The molecule has 1 atom stereocenters. The number of primary amides is 1. The molecule has 160 valence electrons. The van der Waals surface area contributed by atoms with E-state index in [2.05, 4.69) is 9.88 Å². The summed E-state index contributed by atoms with van der Waals surface area (Å²) in [6, 6.07) is 9.87. The van der Waals surface area contributed by atoms with Gasteiger partial charge >= 0.3 is 0 Å². The Morgan fingerprint density at radius 1 is 1.30 bits per heavy atom. The van der Waals surface area contributed by atoms with Gasteiger partial charge in [0.25, 0.3) is 0 Å². The Morgan fingerprint density at radius 3 is 2.80 bits per heavy atom. The van der Waals surface area contributed by atoms with E-state index in [1.807, 2.05) is 25.1 Å². The van der Waals surface area contributed by atoms with E-state index in [0.29, 0.717) is 32.1 Å². The number of nitrogens with one attached hydrogen (secondary N) is 1. The van der Waals surface area contributed by atoms with Gasteiger partial charge in [-0.15, -0.1) is 0 Å². The van der Waals surface area contributed by atoms with Crippen LogP contribution in [-0.2, 0) is 22.6 Å². The van der Waals surface area contributed by atoms with Crippen molar-refractivity contribution >= 4 is 16.9 Å². The van der Waals surface area contributed by atoms with E-state index in [-0.39, 0.29) is 5.82 Å². The molecular formula is C22H27FN4O3. The lowest BCUT2D eigenvalue weighted by atomic mass is 10.0. The highest BCUT2D eigenvalue weighted by Crippen LogP contribution is 2.32. The van der Waals surface area contributed by atoms with Crippen molar-refractivity contribution < 1.29 is 18.7 Å². The topological polar surface area (TPSA) is 91.4 Å². The van der Waals surface area contributed by atoms with Crippen molar-refractivity contribution in [2.75, 3.05) is 20.3 Å². The molecular weight excluding hydrogens is 387 g/mol. The molecule has 3 aromatic rings. The Kier molecular flexibility index (Phi) is 7.02. The van der Waals surface area contributed by atoms with Crippen molar-refractivity contribution in [2.45, 2.75) is 33.0 Å². The fourth-order valence-electron chi connectivity index (χ4n) is 3.27. The molecule has 8 heteroatoms. The largest absolute Gasteiger partial charge is 0.496 e. The minimum atomic E-state index is -0.468. The van der Waals surface area contributed by atoms with Crippen molar-refractivity contribution in [1.29, 1.82) is 0 Å². The number of nitrogens with zero attached hydrogens (tertiary/aromatic N) is 2. The minimum absolute atomic E-state index is 0.352. The molecule has 0 radical (unpaired) electrons. The minimum Gasteiger partial charge on any atom is -0.496 e. The van der Waals surface area contributed by atoms with E-state index in [1.165, 1.54) is 19.2 Å². The molecule has 3 rings (SSSR count). The van der Waals surface area contributed by atoms with Gasteiger partial charge < -0.3 is 19.8 Å². The highest BCUT2D eigenvalue weighted by atomic mass is 19.1. The van der Waals surface area contributed by atoms with Gasteiger partial charge in [-0.25, -0.2) is 9.37 Å². The molecule has 0 unspecified atom stereocenters. The summed E-state index contributed by atoms with van der Waals surface area (Å²) in [5.41, 5.74) is 8.77. The molecule has 0 aliphatic carbocycles. The number of aromatic nitrogens is 2.